The van der Waals surface area contributed by atoms with Gasteiger partial charge in [0.25, 0.3) is 0 Å². The zero-order valence-corrected chi connectivity index (χ0v) is 16.0. The van der Waals surface area contributed by atoms with Crippen LogP contribution >= 0.6 is 0 Å². The van der Waals surface area contributed by atoms with Gasteiger partial charge in [-0.15, -0.1) is 0 Å². The van der Waals surface area contributed by atoms with Gasteiger partial charge in [0.15, 0.2) is 17.5 Å². The Hall–Kier alpha value is -1.99. The molecule has 1 atom stereocenters. The molecule has 7 heteroatoms. The first-order valence-corrected chi connectivity index (χ1v) is 9.79. The standard InChI is InChI=1S/C20H29N3O4/c1-21-19(22-11-15-4-7-25-12-15)23-13-20(5-8-24-9-6-20)16-2-3-17-18(10-16)27-14-26-17/h2-3,10,15H,4-9,11-14H2,1H3,(H2,21,22,23). The third-order valence-corrected chi connectivity index (χ3v) is 5.83. The van der Waals surface area contributed by atoms with E-state index in [0.29, 0.717) is 12.7 Å². The van der Waals surface area contributed by atoms with Crippen LogP contribution in [-0.2, 0) is 14.9 Å². The maximum Gasteiger partial charge on any atom is 0.231 e. The molecule has 1 unspecified atom stereocenters. The van der Waals surface area contributed by atoms with Gasteiger partial charge < -0.3 is 29.6 Å². The first-order chi connectivity index (χ1) is 13.3. The summed E-state index contributed by atoms with van der Waals surface area (Å²) in [5.41, 5.74) is 1.26. The molecule has 0 bridgehead atoms. The van der Waals surface area contributed by atoms with Crippen molar-refractivity contribution in [2.24, 2.45) is 10.9 Å². The summed E-state index contributed by atoms with van der Waals surface area (Å²) in [6.07, 6.45) is 3.04. The Morgan fingerprint density at radius 2 is 1.96 bits per heavy atom. The number of fused-ring (bicyclic) bond motifs is 1. The van der Waals surface area contributed by atoms with Crippen LogP contribution in [-0.4, -0.2) is 59.3 Å². The number of aliphatic imine (C=N–C) groups is 1. The fourth-order valence-corrected chi connectivity index (χ4v) is 4.01. The molecule has 27 heavy (non-hydrogen) atoms. The van der Waals surface area contributed by atoms with Gasteiger partial charge in [-0.1, -0.05) is 6.07 Å². The summed E-state index contributed by atoms with van der Waals surface area (Å²) < 4.78 is 22.2. The second kappa shape index (κ2) is 8.35. The Balaban J connectivity index is 1.43. The number of hydrogen-bond acceptors (Lipinski definition) is 5. The van der Waals surface area contributed by atoms with Crippen LogP contribution in [0, 0.1) is 5.92 Å². The summed E-state index contributed by atoms with van der Waals surface area (Å²) in [4.78, 5) is 4.39. The minimum atomic E-state index is -0.00663. The minimum Gasteiger partial charge on any atom is -0.454 e. The summed E-state index contributed by atoms with van der Waals surface area (Å²) in [5.74, 6) is 3.07. The van der Waals surface area contributed by atoms with Gasteiger partial charge in [-0.25, -0.2) is 0 Å². The fourth-order valence-electron chi connectivity index (χ4n) is 4.01. The Labute approximate surface area is 160 Å². The highest BCUT2D eigenvalue weighted by atomic mass is 16.7. The highest BCUT2D eigenvalue weighted by Gasteiger charge is 2.36. The molecular weight excluding hydrogens is 346 g/mol. The zero-order valence-electron chi connectivity index (χ0n) is 16.0. The highest BCUT2D eigenvalue weighted by Crippen LogP contribution is 2.40. The predicted octanol–water partition coefficient (Wildman–Crippen LogP) is 1.66. The summed E-state index contributed by atoms with van der Waals surface area (Å²) in [6, 6.07) is 6.30. The molecule has 3 heterocycles. The minimum absolute atomic E-state index is 0.00663. The average Bonchev–Trinajstić information content (AvgIpc) is 3.40. The van der Waals surface area contributed by atoms with E-state index >= 15 is 0 Å². The van der Waals surface area contributed by atoms with E-state index in [2.05, 4.69) is 27.8 Å². The second-order valence-electron chi connectivity index (χ2n) is 7.50. The summed E-state index contributed by atoms with van der Waals surface area (Å²) >= 11 is 0. The molecule has 2 saturated heterocycles. The van der Waals surface area contributed by atoms with Gasteiger partial charge in [-0.2, -0.15) is 0 Å². The average molecular weight is 375 g/mol. The molecule has 3 aliphatic heterocycles. The van der Waals surface area contributed by atoms with Crippen molar-refractivity contribution in [2.45, 2.75) is 24.7 Å². The molecule has 2 N–H and O–H groups in total. The van der Waals surface area contributed by atoms with E-state index in [0.717, 1.165) is 76.2 Å². The molecular formula is C20H29N3O4. The van der Waals surface area contributed by atoms with Crippen LogP contribution in [0.3, 0.4) is 0 Å². The lowest BCUT2D eigenvalue weighted by Crippen LogP contribution is -2.48. The van der Waals surface area contributed by atoms with Gasteiger partial charge >= 0.3 is 0 Å². The number of hydrogen-bond donors (Lipinski definition) is 2. The van der Waals surface area contributed by atoms with Crippen LogP contribution in [0.1, 0.15) is 24.8 Å². The fraction of sp³-hybridized carbons (Fsp3) is 0.650. The van der Waals surface area contributed by atoms with Crippen molar-refractivity contribution in [3.05, 3.63) is 23.8 Å². The molecule has 0 aromatic heterocycles. The highest BCUT2D eigenvalue weighted by molar-refractivity contribution is 5.79. The van der Waals surface area contributed by atoms with Gasteiger partial charge in [0.1, 0.15) is 0 Å². The van der Waals surface area contributed by atoms with Crippen molar-refractivity contribution in [3.63, 3.8) is 0 Å². The quantitative estimate of drug-likeness (QED) is 0.602. The van der Waals surface area contributed by atoms with Crippen LogP contribution in [0.4, 0.5) is 0 Å². The van der Waals surface area contributed by atoms with E-state index in [1.165, 1.54) is 5.56 Å². The number of ether oxygens (including phenoxy) is 4. The molecule has 148 valence electrons. The summed E-state index contributed by atoms with van der Waals surface area (Å²) in [5, 5.41) is 6.98. The topological polar surface area (TPSA) is 73.3 Å². The van der Waals surface area contributed by atoms with Crippen molar-refractivity contribution in [1.29, 1.82) is 0 Å². The van der Waals surface area contributed by atoms with Crippen molar-refractivity contribution < 1.29 is 18.9 Å². The number of nitrogens with zero attached hydrogens (tertiary/aromatic N) is 1. The lowest BCUT2D eigenvalue weighted by Gasteiger charge is -2.38. The number of benzene rings is 1. The molecule has 0 saturated carbocycles. The first kappa shape index (κ1) is 18.4. The third-order valence-electron chi connectivity index (χ3n) is 5.83. The predicted molar refractivity (Wildman–Crippen MR) is 103 cm³/mol. The molecule has 7 nitrogen and oxygen atoms in total. The molecule has 3 aliphatic rings. The van der Waals surface area contributed by atoms with E-state index in [9.17, 15) is 0 Å². The lowest BCUT2D eigenvalue weighted by molar-refractivity contribution is 0.0513. The normalized spacial score (nSPS) is 24.0. The SMILES string of the molecule is CN=C(NCC1CCOC1)NCC1(c2ccc3c(c2)OCO3)CCOCC1. The van der Waals surface area contributed by atoms with E-state index in [4.69, 9.17) is 18.9 Å². The van der Waals surface area contributed by atoms with Crippen LogP contribution in [0.15, 0.2) is 23.2 Å². The maximum absolute atomic E-state index is 5.64. The Bertz CT molecular complexity index is 667. The van der Waals surface area contributed by atoms with Gasteiger partial charge in [0, 0.05) is 51.3 Å². The number of rotatable bonds is 5. The van der Waals surface area contributed by atoms with E-state index < -0.39 is 0 Å². The Kier molecular flexibility index (Phi) is 5.69. The Morgan fingerprint density at radius 1 is 1.11 bits per heavy atom. The van der Waals surface area contributed by atoms with E-state index in [1.54, 1.807) is 0 Å². The summed E-state index contributed by atoms with van der Waals surface area (Å²) in [6.45, 7) is 5.22. The van der Waals surface area contributed by atoms with Gasteiger partial charge in [0.2, 0.25) is 6.79 Å². The van der Waals surface area contributed by atoms with Crippen molar-refractivity contribution in [2.75, 3.05) is 53.4 Å². The molecule has 0 radical (unpaired) electrons. The largest absolute Gasteiger partial charge is 0.454 e. The van der Waals surface area contributed by atoms with Crippen molar-refractivity contribution in [1.82, 2.24) is 10.6 Å². The number of guanidine groups is 1. The van der Waals surface area contributed by atoms with Crippen molar-refractivity contribution >= 4 is 5.96 Å². The number of nitrogens with one attached hydrogen (secondary N) is 2. The lowest BCUT2D eigenvalue weighted by atomic mass is 9.74. The molecule has 1 aromatic rings. The first-order valence-electron chi connectivity index (χ1n) is 9.79. The van der Waals surface area contributed by atoms with Crippen molar-refractivity contribution in [3.8, 4) is 11.5 Å². The van der Waals surface area contributed by atoms with Gasteiger partial charge in [0.05, 0.1) is 6.61 Å². The molecule has 0 aliphatic carbocycles. The van der Waals surface area contributed by atoms with E-state index in [-0.39, 0.29) is 5.41 Å². The Morgan fingerprint density at radius 3 is 2.74 bits per heavy atom. The van der Waals surface area contributed by atoms with Crippen LogP contribution in [0.5, 0.6) is 11.5 Å². The van der Waals surface area contributed by atoms with Gasteiger partial charge in [-0.05, 0) is 37.0 Å². The molecule has 1 aromatic carbocycles. The summed E-state index contributed by atoms with van der Waals surface area (Å²) in [7, 11) is 1.82. The van der Waals surface area contributed by atoms with Gasteiger partial charge in [-0.3, -0.25) is 4.99 Å². The zero-order chi connectivity index (χ0) is 18.5. The molecule has 4 rings (SSSR count). The molecule has 2 fully saturated rings. The second-order valence-corrected chi connectivity index (χ2v) is 7.50. The maximum atomic E-state index is 5.64. The molecule has 0 amide bonds. The monoisotopic (exact) mass is 375 g/mol. The van der Waals surface area contributed by atoms with Crippen LogP contribution in [0.2, 0.25) is 0 Å². The third kappa shape index (κ3) is 4.14. The smallest absolute Gasteiger partial charge is 0.231 e. The van der Waals surface area contributed by atoms with Crippen LogP contribution < -0.4 is 20.1 Å². The van der Waals surface area contributed by atoms with Crippen LogP contribution in [0.25, 0.3) is 0 Å². The van der Waals surface area contributed by atoms with E-state index in [1.807, 2.05) is 13.1 Å². The molecule has 0 spiro atoms.